The number of carbonyl (C=O) groups is 1. The third kappa shape index (κ3) is 4.18. The first kappa shape index (κ1) is 10.7. The zero-order valence-corrected chi connectivity index (χ0v) is 8.13. The predicted octanol–water partition coefficient (Wildman–Crippen LogP) is 2.89. The summed E-state index contributed by atoms with van der Waals surface area (Å²) in [6.07, 6.45) is 2.80. The largest absolute Gasteiger partial charge is 0.303 e. The van der Waals surface area contributed by atoms with Crippen LogP contribution in [0.1, 0.15) is 40.5 Å². The van der Waals surface area contributed by atoms with Gasteiger partial charge in [-0.15, -0.1) is 0 Å². The summed E-state index contributed by atoms with van der Waals surface area (Å²) >= 11 is 0. The Bertz CT molecular complexity index is 97.4. The van der Waals surface area contributed by atoms with E-state index in [2.05, 4.69) is 27.7 Å². The van der Waals surface area contributed by atoms with Gasteiger partial charge < -0.3 is 4.79 Å². The summed E-state index contributed by atoms with van der Waals surface area (Å²) in [5, 5.41) is 0. The van der Waals surface area contributed by atoms with Crippen LogP contribution in [0.2, 0.25) is 0 Å². The summed E-state index contributed by atoms with van der Waals surface area (Å²) in [5.41, 5.74) is 0. The Kier molecular flexibility index (Phi) is 5.18. The Morgan fingerprint density at radius 3 is 1.82 bits per heavy atom. The standard InChI is InChI=1S/C10H20O/c1-8(2)10(9(3)4)6-5-7-11/h7-10H,5-6H2,1-4H3. The molecule has 66 valence electrons. The molecule has 11 heavy (non-hydrogen) atoms. The molecule has 0 saturated heterocycles. The SMILES string of the molecule is CC(C)C(CCC=O)C(C)C. The summed E-state index contributed by atoms with van der Waals surface area (Å²) in [6.45, 7) is 8.93. The van der Waals surface area contributed by atoms with E-state index in [4.69, 9.17) is 0 Å². The van der Waals surface area contributed by atoms with Crippen molar-refractivity contribution in [1.82, 2.24) is 0 Å². The third-order valence-corrected chi connectivity index (χ3v) is 2.33. The molecule has 0 aliphatic heterocycles. The number of aldehydes is 1. The lowest BCUT2D eigenvalue weighted by Gasteiger charge is -2.23. The van der Waals surface area contributed by atoms with Gasteiger partial charge in [0.1, 0.15) is 6.29 Å². The molecule has 1 nitrogen and oxygen atoms in total. The molecule has 0 aliphatic rings. The van der Waals surface area contributed by atoms with Crippen LogP contribution < -0.4 is 0 Å². The second kappa shape index (κ2) is 5.34. The Morgan fingerprint density at radius 2 is 1.55 bits per heavy atom. The number of rotatable bonds is 5. The molecule has 0 heterocycles. The van der Waals surface area contributed by atoms with Crippen molar-refractivity contribution in [2.75, 3.05) is 0 Å². The minimum atomic E-state index is 0.704. The average Bonchev–Trinajstić information content (AvgIpc) is 1.87. The fourth-order valence-corrected chi connectivity index (χ4v) is 1.70. The lowest BCUT2D eigenvalue weighted by molar-refractivity contribution is -0.108. The van der Waals surface area contributed by atoms with E-state index in [0.717, 1.165) is 19.1 Å². The number of hydrogen-bond acceptors (Lipinski definition) is 1. The fourth-order valence-electron chi connectivity index (χ4n) is 1.70. The van der Waals surface area contributed by atoms with Crippen LogP contribution in [0.15, 0.2) is 0 Å². The van der Waals surface area contributed by atoms with Crippen molar-refractivity contribution in [3.8, 4) is 0 Å². The highest BCUT2D eigenvalue weighted by atomic mass is 16.1. The fraction of sp³-hybridized carbons (Fsp3) is 0.900. The summed E-state index contributed by atoms with van der Waals surface area (Å²) in [4.78, 5) is 10.2. The molecule has 0 radical (unpaired) electrons. The van der Waals surface area contributed by atoms with E-state index in [1.807, 2.05) is 0 Å². The van der Waals surface area contributed by atoms with Gasteiger partial charge in [0.05, 0.1) is 0 Å². The molecule has 0 saturated carbocycles. The van der Waals surface area contributed by atoms with Crippen molar-refractivity contribution in [2.24, 2.45) is 17.8 Å². The van der Waals surface area contributed by atoms with Crippen LogP contribution in [0.4, 0.5) is 0 Å². The van der Waals surface area contributed by atoms with E-state index in [-0.39, 0.29) is 0 Å². The molecule has 0 amide bonds. The topological polar surface area (TPSA) is 17.1 Å². The summed E-state index contributed by atoms with van der Waals surface area (Å²) < 4.78 is 0. The van der Waals surface area contributed by atoms with Crippen molar-refractivity contribution in [1.29, 1.82) is 0 Å². The van der Waals surface area contributed by atoms with Crippen LogP contribution in [0.5, 0.6) is 0 Å². The minimum absolute atomic E-state index is 0.704. The van der Waals surface area contributed by atoms with Crippen LogP contribution in [0.3, 0.4) is 0 Å². The molecule has 0 aromatic rings. The molecule has 0 aliphatic carbocycles. The van der Waals surface area contributed by atoms with Gasteiger partial charge in [0.2, 0.25) is 0 Å². The van der Waals surface area contributed by atoms with E-state index in [1.54, 1.807) is 0 Å². The van der Waals surface area contributed by atoms with Gasteiger partial charge in [-0.1, -0.05) is 27.7 Å². The second-order valence-corrected chi connectivity index (χ2v) is 3.90. The first-order valence-corrected chi connectivity index (χ1v) is 4.53. The molecule has 0 N–H and O–H groups in total. The van der Waals surface area contributed by atoms with Gasteiger partial charge in [0.15, 0.2) is 0 Å². The van der Waals surface area contributed by atoms with E-state index in [1.165, 1.54) is 0 Å². The lowest BCUT2D eigenvalue weighted by atomic mass is 9.82. The first-order valence-electron chi connectivity index (χ1n) is 4.53. The van der Waals surface area contributed by atoms with E-state index in [9.17, 15) is 4.79 Å². The molecule has 0 spiro atoms. The van der Waals surface area contributed by atoms with E-state index >= 15 is 0 Å². The third-order valence-electron chi connectivity index (χ3n) is 2.33. The smallest absolute Gasteiger partial charge is 0.120 e. The van der Waals surface area contributed by atoms with E-state index < -0.39 is 0 Å². The molecular weight excluding hydrogens is 136 g/mol. The van der Waals surface area contributed by atoms with Crippen molar-refractivity contribution in [2.45, 2.75) is 40.5 Å². The van der Waals surface area contributed by atoms with Crippen LogP contribution in [-0.4, -0.2) is 6.29 Å². The van der Waals surface area contributed by atoms with Gasteiger partial charge in [0.25, 0.3) is 0 Å². The highest BCUT2D eigenvalue weighted by Crippen LogP contribution is 2.24. The van der Waals surface area contributed by atoms with Gasteiger partial charge in [-0.05, 0) is 24.2 Å². The second-order valence-electron chi connectivity index (χ2n) is 3.90. The van der Waals surface area contributed by atoms with Crippen molar-refractivity contribution < 1.29 is 4.79 Å². The monoisotopic (exact) mass is 156 g/mol. The maximum absolute atomic E-state index is 10.2. The van der Waals surface area contributed by atoms with Gasteiger partial charge in [-0.25, -0.2) is 0 Å². The molecule has 0 rings (SSSR count). The van der Waals surface area contributed by atoms with Crippen molar-refractivity contribution in [3.05, 3.63) is 0 Å². The minimum Gasteiger partial charge on any atom is -0.303 e. The lowest BCUT2D eigenvalue weighted by Crippen LogP contribution is -2.15. The highest BCUT2D eigenvalue weighted by molar-refractivity contribution is 5.49. The molecule has 0 unspecified atom stereocenters. The van der Waals surface area contributed by atoms with Gasteiger partial charge >= 0.3 is 0 Å². The maximum Gasteiger partial charge on any atom is 0.120 e. The zero-order chi connectivity index (χ0) is 8.85. The summed E-state index contributed by atoms with van der Waals surface area (Å²) in [5.74, 6) is 2.12. The normalized spacial score (nSPS) is 11.5. The van der Waals surface area contributed by atoms with Crippen LogP contribution in [0, 0.1) is 17.8 Å². The Morgan fingerprint density at radius 1 is 1.09 bits per heavy atom. The molecule has 0 bridgehead atoms. The summed E-state index contributed by atoms with van der Waals surface area (Å²) in [7, 11) is 0. The molecular formula is C10H20O. The van der Waals surface area contributed by atoms with Gasteiger partial charge in [0, 0.05) is 6.42 Å². The summed E-state index contributed by atoms with van der Waals surface area (Å²) in [6, 6.07) is 0. The van der Waals surface area contributed by atoms with Crippen LogP contribution in [0.25, 0.3) is 0 Å². The van der Waals surface area contributed by atoms with Crippen molar-refractivity contribution >= 4 is 6.29 Å². The molecule has 0 aromatic heterocycles. The van der Waals surface area contributed by atoms with Crippen LogP contribution in [-0.2, 0) is 4.79 Å². The average molecular weight is 156 g/mol. The maximum atomic E-state index is 10.2. The van der Waals surface area contributed by atoms with Gasteiger partial charge in [-0.2, -0.15) is 0 Å². The Labute approximate surface area is 70.2 Å². The molecule has 0 atom stereocenters. The molecule has 0 fully saturated rings. The Hall–Kier alpha value is -0.330. The Balaban J connectivity index is 3.79. The van der Waals surface area contributed by atoms with E-state index in [0.29, 0.717) is 17.8 Å². The quantitative estimate of drug-likeness (QED) is 0.559. The number of carbonyl (C=O) groups excluding carboxylic acids is 1. The highest BCUT2D eigenvalue weighted by Gasteiger charge is 2.16. The first-order chi connectivity index (χ1) is 5.09. The molecule has 1 heteroatoms. The zero-order valence-electron chi connectivity index (χ0n) is 8.13. The predicted molar refractivity (Wildman–Crippen MR) is 48.5 cm³/mol. The van der Waals surface area contributed by atoms with Gasteiger partial charge in [-0.3, -0.25) is 0 Å². The number of hydrogen-bond donors (Lipinski definition) is 0. The van der Waals surface area contributed by atoms with Crippen molar-refractivity contribution in [3.63, 3.8) is 0 Å². The van der Waals surface area contributed by atoms with Crippen LogP contribution >= 0.6 is 0 Å². The molecule has 0 aromatic carbocycles.